The van der Waals surface area contributed by atoms with Crippen molar-refractivity contribution >= 4 is 17.9 Å². The van der Waals surface area contributed by atoms with E-state index in [9.17, 15) is 4.79 Å². The van der Waals surface area contributed by atoms with Crippen molar-refractivity contribution < 1.29 is 14.3 Å². The lowest BCUT2D eigenvalue weighted by molar-refractivity contribution is -0.114. The summed E-state index contributed by atoms with van der Waals surface area (Å²) in [5.74, 6) is 1.16. The second-order valence-corrected chi connectivity index (χ2v) is 4.99. The average molecular weight is 325 g/mol. The van der Waals surface area contributed by atoms with Crippen molar-refractivity contribution in [2.75, 3.05) is 7.11 Å². The topological polar surface area (TPSA) is 99.9 Å². The maximum Gasteiger partial charge on any atom is 0.275 e. The molecule has 0 aliphatic heterocycles. The van der Waals surface area contributed by atoms with Crippen molar-refractivity contribution in [2.45, 2.75) is 6.92 Å². The van der Waals surface area contributed by atoms with Crippen molar-refractivity contribution in [1.29, 1.82) is 0 Å². The first-order valence-corrected chi connectivity index (χ1v) is 7.23. The molecule has 0 aliphatic rings. The largest absolute Gasteiger partial charge is 0.497 e. The number of nitrogens with two attached hydrogens (primary N) is 2. The molecule has 2 rings (SSSR count). The van der Waals surface area contributed by atoms with Crippen LogP contribution in [0.1, 0.15) is 12.5 Å². The summed E-state index contributed by atoms with van der Waals surface area (Å²) < 4.78 is 11.1. The maximum atomic E-state index is 11.8. The third-order valence-corrected chi connectivity index (χ3v) is 3.13. The minimum atomic E-state index is -0.494. The van der Waals surface area contributed by atoms with Crippen molar-refractivity contribution in [3.8, 4) is 17.2 Å². The smallest absolute Gasteiger partial charge is 0.275 e. The molecule has 0 fully saturated rings. The van der Waals surface area contributed by atoms with Gasteiger partial charge in [-0.1, -0.05) is 24.3 Å². The lowest BCUT2D eigenvalue weighted by Gasteiger charge is -2.10. The molecular formula is C18H19N3O3. The van der Waals surface area contributed by atoms with Crippen LogP contribution >= 0.6 is 0 Å². The fourth-order valence-corrected chi connectivity index (χ4v) is 1.98. The van der Waals surface area contributed by atoms with Crippen LogP contribution < -0.4 is 20.9 Å². The Kier molecular flexibility index (Phi) is 5.57. The first-order chi connectivity index (χ1) is 11.5. The van der Waals surface area contributed by atoms with Crippen molar-refractivity contribution in [2.24, 2.45) is 16.5 Å². The van der Waals surface area contributed by atoms with E-state index in [1.54, 1.807) is 26.2 Å². The summed E-state index contributed by atoms with van der Waals surface area (Å²) in [6, 6.07) is 14.6. The normalized spacial score (nSPS) is 10.8. The fourth-order valence-electron chi connectivity index (χ4n) is 1.98. The van der Waals surface area contributed by atoms with Crippen LogP contribution in [0.4, 0.5) is 0 Å². The van der Waals surface area contributed by atoms with Crippen LogP contribution in [0.3, 0.4) is 0 Å². The highest BCUT2D eigenvalue weighted by molar-refractivity contribution is 6.03. The Balaban J connectivity index is 2.30. The summed E-state index contributed by atoms with van der Waals surface area (Å²) in [7, 11) is 1.59. The van der Waals surface area contributed by atoms with E-state index in [4.69, 9.17) is 20.9 Å². The van der Waals surface area contributed by atoms with Crippen molar-refractivity contribution in [1.82, 2.24) is 0 Å². The lowest BCUT2D eigenvalue weighted by atomic mass is 10.1. The molecule has 0 unspecified atom stereocenters. The predicted octanol–water partition coefficient (Wildman–Crippen LogP) is 2.69. The number of nitrogens with zero attached hydrogens (tertiary/aromatic N) is 1. The van der Waals surface area contributed by atoms with Gasteiger partial charge < -0.3 is 20.9 Å². The third kappa shape index (κ3) is 4.61. The van der Waals surface area contributed by atoms with E-state index in [0.29, 0.717) is 22.8 Å². The third-order valence-electron chi connectivity index (χ3n) is 3.13. The first kappa shape index (κ1) is 17.1. The van der Waals surface area contributed by atoms with Gasteiger partial charge in [-0.25, -0.2) is 0 Å². The number of rotatable bonds is 5. The van der Waals surface area contributed by atoms with Gasteiger partial charge >= 0.3 is 0 Å². The number of hydrogen-bond donors (Lipinski definition) is 2. The Labute approximate surface area is 140 Å². The Bertz CT molecular complexity index is 794. The SMILES string of the molecule is COc1cccc(Oc2ccccc2C=C(C)C(=O)N=C(N)N)c1. The van der Waals surface area contributed by atoms with Crippen LogP contribution in [-0.4, -0.2) is 19.0 Å². The van der Waals surface area contributed by atoms with E-state index < -0.39 is 5.91 Å². The minimum absolute atomic E-state index is 0.270. The molecule has 0 spiro atoms. The number of guanidine groups is 1. The van der Waals surface area contributed by atoms with E-state index in [1.165, 1.54) is 0 Å². The highest BCUT2D eigenvalue weighted by Crippen LogP contribution is 2.29. The van der Waals surface area contributed by atoms with Gasteiger partial charge in [-0.15, -0.1) is 0 Å². The van der Waals surface area contributed by atoms with Crippen LogP contribution in [0.2, 0.25) is 0 Å². The number of aliphatic imine (C=N–C) groups is 1. The fraction of sp³-hybridized carbons (Fsp3) is 0.111. The molecule has 0 atom stereocenters. The monoisotopic (exact) mass is 325 g/mol. The summed E-state index contributed by atoms with van der Waals surface area (Å²) in [6.45, 7) is 1.64. The Hall–Kier alpha value is -3.28. The van der Waals surface area contributed by atoms with E-state index in [-0.39, 0.29) is 5.96 Å². The van der Waals surface area contributed by atoms with Crippen LogP contribution in [0.25, 0.3) is 6.08 Å². The van der Waals surface area contributed by atoms with Gasteiger partial charge in [0.2, 0.25) is 0 Å². The zero-order valence-corrected chi connectivity index (χ0v) is 13.5. The number of carbonyl (C=O) groups excluding carboxylic acids is 1. The summed E-state index contributed by atoms with van der Waals surface area (Å²) in [5, 5.41) is 0. The van der Waals surface area contributed by atoms with Gasteiger partial charge in [0, 0.05) is 17.2 Å². The van der Waals surface area contributed by atoms with Gasteiger partial charge in [-0.3, -0.25) is 4.79 Å². The predicted molar refractivity (Wildman–Crippen MR) is 94.0 cm³/mol. The molecule has 124 valence electrons. The number of para-hydroxylation sites is 1. The molecule has 0 bridgehead atoms. The van der Waals surface area contributed by atoms with Gasteiger partial charge in [0.05, 0.1) is 7.11 Å². The Morgan fingerprint density at radius 3 is 2.50 bits per heavy atom. The molecule has 2 aromatic rings. The maximum absolute atomic E-state index is 11.8. The van der Waals surface area contributed by atoms with Crippen LogP contribution in [0, 0.1) is 0 Å². The quantitative estimate of drug-likeness (QED) is 0.500. The number of carbonyl (C=O) groups is 1. The van der Waals surface area contributed by atoms with Gasteiger partial charge in [0.1, 0.15) is 17.2 Å². The van der Waals surface area contributed by atoms with Gasteiger partial charge in [-0.2, -0.15) is 4.99 Å². The minimum Gasteiger partial charge on any atom is -0.497 e. The molecule has 0 radical (unpaired) electrons. The zero-order valence-electron chi connectivity index (χ0n) is 13.5. The van der Waals surface area contributed by atoms with Crippen molar-refractivity contribution in [3.63, 3.8) is 0 Å². The Morgan fingerprint density at radius 2 is 1.79 bits per heavy atom. The van der Waals surface area contributed by atoms with Gasteiger partial charge in [-0.05, 0) is 31.2 Å². The van der Waals surface area contributed by atoms with E-state index in [1.807, 2.05) is 42.5 Å². The Morgan fingerprint density at radius 1 is 1.08 bits per heavy atom. The molecule has 0 aromatic heterocycles. The molecule has 24 heavy (non-hydrogen) atoms. The summed E-state index contributed by atoms with van der Waals surface area (Å²) in [5.41, 5.74) is 11.6. The van der Waals surface area contributed by atoms with E-state index in [2.05, 4.69) is 4.99 Å². The summed E-state index contributed by atoms with van der Waals surface area (Å²) >= 11 is 0. The average Bonchev–Trinajstić information content (AvgIpc) is 2.56. The lowest BCUT2D eigenvalue weighted by Crippen LogP contribution is -2.24. The zero-order chi connectivity index (χ0) is 17.5. The van der Waals surface area contributed by atoms with Crippen LogP contribution in [-0.2, 0) is 4.79 Å². The molecule has 4 N–H and O–H groups in total. The van der Waals surface area contributed by atoms with Crippen LogP contribution in [0.15, 0.2) is 59.1 Å². The second-order valence-electron chi connectivity index (χ2n) is 4.99. The molecule has 6 nitrogen and oxygen atoms in total. The summed E-state index contributed by atoms with van der Waals surface area (Å²) in [6.07, 6.45) is 1.67. The molecule has 0 aliphatic carbocycles. The van der Waals surface area contributed by atoms with Gasteiger partial charge in [0.15, 0.2) is 5.96 Å². The number of ether oxygens (including phenoxy) is 2. The van der Waals surface area contributed by atoms with Crippen LogP contribution in [0.5, 0.6) is 17.2 Å². The number of amides is 1. The summed E-state index contributed by atoms with van der Waals surface area (Å²) in [4.78, 5) is 15.4. The number of benzene rings is 2. The first-order valence-electron chi connectivity index (χ1n) is 7.23. The standard InChI is InChI=1S/C18H19N3O3/c1-12(17(22)21-18(19)20)10-13-6-3-4-9-16(13)24-15-8-5-7-14(11-15)23-2/h3-11H,1-2H3,(H4,19,20,21,22). The molecule has 6 heteroatoms. The van der Waals surface area contributed by atoms with Crippen molar-refractivity contribution in [3.05, 3.63) is 59.7 Å². The highest BCUT2D eigenvalue weighted by Gasteiger charge is 2.07. The van der Waals surface area contributed by atoms with E-state index in [0.717, 1.165) is 5.56 Å². The number of hydrogen-bond acceptors (Lipinski definition) is 3. The highest BCUT2D eigenvalue weighted by atomic mass is 16.5. The number of methoxy groups -OCH3 is 1. The van der Waals surface area contributed by atoms with E-state index >= 15 is 0 Å². The van der Waals surface area contributed by atoms with Gasteiger partial charge in [0.25, 0.3) is 5.91 Å². The molecule has 2 aromatic carbocycles. The molecule has 1 amide bonds. The molecule has 0 heterocycles. The molecule has 0 saturated heterocycles. The second kappa shape index (κ2) is 7.82. The molecular weight excluding hydrogens is 306 g/mol. The molecule has 0 saturated carbocycles.